The predicted octanol–water partition coefficient (Wildman–Crippen LogP) is 13.5. The third-order valence-corrected chi connectivity index (χ3v) is 11.3. The Kier molecular flexibility index (Phi) is 8.68. The summed E-state index contributed by atoms with van der Waals surface area (Å²) in [5.41, 5.74) is 10.2. The largest absolute Gasteiger partial charge is 0.340 e. The van der Waals surface area contributed by atoms with Crippen LogP contribution < -0.4 is 0 Å². The molecule has 5 aromatic carbocycles. The summed E-state index contributed by atoms with van der Waals surface area (Å²) in [6.45, 7) is 6.63. The molecule has 0 aliphatic carbocycles. The van der Waals surface area contributed by atoms with Crippen LogP contribution in [0.4, 0.5) is 0 Å². The first-order chi connectivity index (χ1) is 25.7. The van der Waals surface area contributed by atoms with E-state index in [1.165, 1.54) is 139 Å². The van der Waals surface area contributed by atoms with Crippen LogP contribution in [0, 0.1) is 0 Å². The van der Waals surface area contributed by atoms with Gasteiger partial charge in [0.25, 0.3) is 0 Å². The summed E-state index contributed by atoms with van der Waals surface area (Å²) < 4.78 is 5.20. The Bertz CT molecular complexity index is 2700. The van der Waals surface area contributed by atoms with Crippen molar-refractivity contribution in [1.29, 1.82) is 0 Å². The Morgan fingerprint density at radius 1 is 0.385 bits per heavy atom. The highest BCUT2D eigenvalue weighted by molar-refractivity contribution is 6.29. The van der Waals surface area contributed by atoms with E-state index >= 15 is 0 Å². The van der Waals surface area contributed by atoms with Crippen molar-refractivity contribution in [3.05, 3.63) is 122 Å². The van der Waals surface area contributed by atoms with Gasteiger partial charge in [-0.2, -0.15) is 0 Å². The molecule has 4 nitrogen and oxygen atoms in total. The molecule has 0 radical (unpaired) electrons. The molecule has 0 spiro atoms. The van der Waals surface area contributed by atoms with Gasteiger partial charge < -0.3 is 9.13 Å². The van der Waals surface area contributed by atoms with Gasteiger partial charge in [0.2, 0.25) is 0 Å². The second kappa shape index (κ2) is 13.9. The molecule has 0 aliphatic rings. The third kappa shape index (κ3) is 5.62. The van der Waals surface area contributed by atoms with Crippen LogP contribution in [0.5, 0.6) is 0 Å². The maximum atomic E-state index is 4.30. The number of benzene rings is 5. The monoisotopic (exact) mass is 678 g/mol. The predicted molar refractivity (Wildman–Crippen MR) is 222 cm³/mol. The van der Waals surface area contributed by atoms with E-state index in [1.807, 2.05) is 24.8 Å². The number of nitrogens with zero attached hydrogens (tertiary/aromatic N) is 4. The molecule has 0 aliphatic heterocycles. The van der Waals surface area contributed by atoms with Gasteiger partial charge in [-0.1, -0.05) is 82.7 Å². The molecule has 0 N–H and O–H groups in total. The molecule has 0 unspecified atom stereocenters. The van der Waals surface area contributed by atoms with E-state index in [9.17, 15) is 0 Å². The number of aryl methyl sites for hydroxylation is 2. The molecule has 4 heteroatoms. The Morgan fingerprint density at radius 3 is 1.54 bits per heavy atom. The maximum absolute atomic E-state index is 4.30. The van der Waals surface area contributed by atoms with Crippen molar-refractivity contribution < 1.29 is 0 Å². The topological polar surface area (TPSA) is 35.6 Å². The number of aromatic nitrogens is 4. The smallest absolute Gasteiger partial charge is 0.0498 e. The van der Waals surface area contributed by atoms with Crippen LogP contribution in [0.2, 0.25) is 0 Å². The molecule has 9 rings (SSSR count). The zero-order chi connectivity index (χ0) is 35.0. The highest BCUT2D eigenvalue weighted by atomic mass is 15.0. The molecule has 0 bridgehead atoms. The fraction of sp³-hybridized carbons (Fsp3) is 0.250. The van der Waals surface area contributed by atoms with Gasteiger partial charge in [0.15, 0.2) is 0 Å². The van der Waals surface area contributed by atoms with Crippen LogP contribution in [0.15, 0.2) is 122 Å². The van der Waals surface area contributed by atoms with Crippen LogP contribution in [-0.4, -0.2) is 19.1 Å². The van der Waals surface area contributed by atoms with Crippen molar-refractivity contribution in [3.63, 3.8) is 0 Å². The summed E-state index contributed by atoms with van der Waals surface area (Å²) in [6, 6.07) is 37.0. The van der Waals surface area contributed by atoms with Gasteiger partial charge in [-0.05, 0) is 123 Å². The molecule has 4 heterocycles. The number of fused-ring (bicyclic) bond motifs is 10. The molecular formula is C48H46N4. The summed E-state index contributed by atoms with van der Waals surface area (Å²) in [5, 5.41) is 10.6. The van der Waals surface area contributed by atoms with Crippen molar-refractivity contribution in [1.82, 2.24) is 19.1 Å². The standard InChI is InChI=1S/C48H46N4/c1-3-5-7-9-27-51-44-17-15-37(34-21-25-50-26-22-34)30-42(44)48-45(51)18-13-35-11-12-38-31-41-40-29-36(33-19-23-49-24-20-33)14-16-43(40)52(28-10-8-6-4-2)46(41)32-39(38)47(35)48/h11-26,29-32H,3-10,27-28H2,1-2H3. The SMILES string of the molecule is CCCCCCn1c2ccc(-c3ccncc3)cc2c2cc3ccc4ccc5c(c6cc(-c7ccncc7)ccc6n5CCCCCC)c4c3cc21. The minimum Gasteiger partial charge on any atom is -0.340 e. The highest BCUT2D eigenvalue weighted by Gasteiger charge is 2.19. The minimum atomic E-state index is 1.02. The fourth-order valence-electron chi connectivity index (χ4n) is 8.65. The zero-order valence-electron chi connectivity index (χ0n) is 30.4. The number of rotatable bonds is 12. The lowest BCUT2D eigenvalue weighted by Gasteiger charge is -2.11. The van der Waals surface area contributed by atoms with E-state index < -0.39 is 0 Å². The summed E-state index contributed by atoms with van der Waals surface area (Å²) >= 11 is 0. The number of hydrogen-bond acceptors (Lipinski definition) is 2. The Labute approximate surface area is 305 Å². The normalized spacial score (nSPS) is 12.0. The van der Waals surface area contributed by atoms with Crippen molar-refractivity contribution >= 4 is 65.2 Å². The van der Waals surface area contributed by atoms with E-state index in [1.54, 1.807) is 0 Å². The molecule has 52 heavy (non-hydrogen) atoms. The van der Waals surface area contributed by atoms with Crippen molar-refractivity contribution in [3.8, 4) is 22.3 Å². The zero-order valence-corrected chi connectivity index (χ0v) is 30.4. The lowest BCUT2D eigenvalue weighted by Crippen LogP contribution is -1.98. The molecule has 9 aromatic rings. The average molecular weight is 679 g/mol. The quantitative estimate of drug-likeness (QED) is 0.0952. The van der Waals surface area contributed by atoms with Gasteiger partial charge in [-0.15, -0.1) is 0 Å². The fourth-order valence-corrected chi connectivity index (χ4v) is 8.65. The van der Waals surface area contributed by atoms with Crippen LogP contribution >= 0.6 is 0 Å². The van der Waals surface area contributed by atoms with Crippen LogP contribution in [0.25, 0.3) is 87.4 Å². The van der Waals surface area contributed by atoms with Gasteiger partial charge in [0, 0.05) is 81.5 Å². The summed E-state index contributed by atoms with van der Waals surface area (Å²) in [6.07, 6.45) is 17.5. The summed E-state index contributed by atoms with van der Waals surface area (Å²) in [4.78, 5) is 8.57. The van der Waals surface area contributed by atoms with Gasteiger partial charge in [-0.25, -0.2) is 0 Å². The van der Waals surface area contributed by atoms with E-state index in [2.05, 4.69) is 130 Å². The van der Waals surface area contributed by atoms with E-state index in [4.69, 9.17) is 0 Å². The van der Waals surface area contributed by atoms with Gasteiger partial charge in [0.05, 0.1) is 0 Å². The Morgan fingerprint density at radius 2 is 0.904 bits per heavy atom. The van der Waals surface area contributed by atoms with E-state index in [0.29, 0.717) is 0 Å². The number of unbranched alkanes of at least 4 members (excludes halogenated alkanes) is 6. The lowest BCUT2D eigenvalue weighted by atomic mass is 9.95. The molecule has 0 saturated heterocycles. The van der Waals surface area contributed by atoms with Crippen LogP contribution in [0.3, 0.4) is 0 Å². The van der Waals surface area contributed by atoms with Gasteiger partial charge >= 0.3 is 0 Å². The highest BCUT2D eigenvalue weighted by Crippen LogP contribution is 2.43. The molecule has 0 atom stereocenters. The van der Waals surface area contributed by atoms with Crippen molar-refractivity contribution in [2.24, 2.45) is 0 Å². The molecule has 0 amide bonds. The maximum Gasteiger partial charge on any atom is 0.0498 e. The molecule has 0 fully saturated rings. The van der Waals surface area contributed by atoms with E-state index in [-0.39, 0.29) is 0 Å². The third-order valence-electron chi connectivity index (χ3n) is 11.3. The average Bonchev–Trinajstić information content (AvgIpc) is 3.68. The number of pyridine rings is 2. The van der Waals surface area contributed by atoms with Crippen LogP contribution in [0.1, 0.15) is 65.2 Å². The summed E-state index contributed by atoms with van der Waals surface area (Å²) in [5.74, 6) is 0. The molecule has 258 valence electrons. The van der Waals surface area contributed by atoms with Gasteiger partial charge in [-0.3, -0.25) is 9.97 Å². The first-order valence-electron chi connectivity index (χ1n) is 19.4. The first kappa shape index (κ1) is 32.4. The second-order valence-corrected chi connectivity index (χ2v) is 14.6. The number of hydrogen-bond donors (Lipinski definition) is 0. The Balaban J connectivity index is 1.33. The van der Waals surface area contributed by atoms with E-state index in [0.717, 1.165) is 13.1 Å². The second-order valence-electron chi connectivity index (χ2n) is 14.6. The molecule has 4 aromatic heterocycles. The molecule has 0 saturated carbocycles. The molecular weight excluding hydrogens is 633 g/mol. The Hall–Kier alpha value is -5.48. The van der Waals surface area contributed by atoms with Crippen molar-refractivity contribution in [2.75, 3.05) is 0 Å². The summed E-state index contributed by atoms with van der Waals surface area (Å²) in [7, 11) is 0. The first-order valence-corrected chi connectivity index (χ1v) is 19.4. The van der Waals surface area contributed by atoms with Crippen LogP contribution in [-0.2, 0) is 13.1 Å². The lowest BCUT2D eigenvalue weighted by molar-refractivity contribution is 0.602. The van der Waals surface area contributed by atoms with Gasteiger partial charge in [0.1, 0.15) is 0 Å². The minimum absolute atomic E-state index is 1.02. The van der Waals surface area contributed by atoms with Crippen molar-refractivity contribution in [2.45, 2.75) is 78.3 Å².